The number of thiophene rings is 1. The fraction of sp³-hybridized carbons (Fsp3) is 0.364. The molecule has 0 aliphatic carbocycles. The van der Waals surface area contributed by atoms with Gasteiger partial charge in [-0.15, -0.1) is 11.3 Å². The Hall–Kier alpha value is -2.78. The van der Waals surface area contributed by atoms with Gasteiger partial charge in [0.2, 0.25) is 5.91 Å². The molecule has 0 bridgehead atoms. The Morgan fingerprint density at radius 1 is 1.38 bits per heavy atom. The number of halogens is 2. The molecule has 3 heterocycles. The van der Waals surface area contributed by atoms with Crippen molar-refractivity contribution in [2.45, 2.75) is 33.2 Å². The van der Waals surface area contributed by atoms with Gasteiger partial charge in [-0.2, -0.15) is 0 Å². The van der Waals surface area contributed by atoms with Crippen molar-refractivity contribution >= 4 is 50.7 Å². The normalized spacial score (nSPS) is 16.4. The number of piperidine rings is 1. The number of nitrogens with zero attached hydrogens (tertiary/aromatic N) is 3. The van der Waals surface area contributed by atoms with Crippen LogP contribution >= 0.6 is 22.9 Å². The Balaban J connectivity index is 1.60. The first-order valence-electron chi connectivity index (χ1n) is 10.3. The maximum atomic E-state index is 13.3. The zero-order valence-corrected chi connectivity index (χ0v) is 19.2. The summed E-state index contributed by atoms with van der Waals surface area (Å²) in [6, 6.07) is 3.67. The van der Waals surface area contributed by atoms with Gasteiger partial charge >= 0.3 is 0 Å². The van der Waals surface area contributed by atoms with E-state index in [-0.39, 0.29) is 28.7 Å². The number of anilines is 1. The van der Waals surface area contributed by atoms with Gasteiger partial charge in [-0.05, 0) is 49.4 Å². The van der Waals surface area contributed by atoms with Crippen molar-refractivity contribution in [1.82, 2.24) is 14.5 Å². The maximum absolute atomic E-state index is 13.3. The summed E-state index contributed by atoms with van der Waals surface area (Å²) >= 11 is 7.08. The van der Waals surface area contributed by atoms with Crippen LogP contribution in [0.25, 0.3) is 10.2 Å². The van der Waals surface area contributed by atoms with Gasteiger partial charge in [0.15, 0.2) is 0 Å². The van der Waals surface area contributed by atoms with Crippen molar-refractivity contribution in [1.29, 1.82) is 0 Å². The van der Waals surface area contributed by atoms with Gasteiger partial charge in [-0.1, -0.05) is 18.5 Å². The predicted octanol–water partition coefficient (Wildman–Crippen LogP) is 4.07. The van der Waals surface area contributed by atoms with Gasteiger partial charge in [-0.25, -0.2) is 9.37 Å². The molecule has 1 aromatic carbocycles. The number of hydrogen-bond acceptors (Lipinski definition) is 5. The summed E-state index contributed by atoms with van der Waals surface area (Å²) in [5, 5.41) is 3.03. The smallest absolute Gasteiger partial charge is 0.266 e. The number of benzene rings is 1. The minimum absolute atomic E-state index is 0.0724. The Bertz CT molecular complexity index is 1270. The average Bonchev–Trinajstić information content (AvgIpc) is 3.09. The van der Waals surface area contributed by atoms with Gasteiger partial charge in [0.1, 0.15) is 17.2 Å². The topological polar surface area (TPSA) is 84.3 Å². The van der Waals surface area contributed by atoms with E-state index < -0.39 is 11.7 Å². The van der Waals surface area contributed by atoms with Crippen LogP contribution in [0.3, 0.4) is 0 Å². The summed E-state index contributed by atoms with van der Waals surface area (Å²) in [5.74, 6) is -0.649. The average molecular weight is 477 g/mol. The number of fused-ring (bicyclic) bond motifs is 1. The zero-order valence-electron chi connectivity index (χ0n) is 17.7. The second-order valence-corrected chi connectivity index (χ2v) is 9.49. The highest BCUT2D eigenvalue weighted by molar-refractivity contribution is 7.20. The van der Waals surface area contributed by atoms with Crippen LogP contribution in [-0.2, 0) is 11.3 Å². The molecule has 0 radical (unpaired) electrons. The van der Waals surface area contributed by atoms with Crippen molar-refractivity contribution in [3.05, 3.63) is 56.2 Å². The number of aryl methyl sites for hydroxylation is 1. The highest BCUT2D eigenvalue weighted by Gasteiger charge is 2.24. The summed E-state index contributed by atoms with van der Waals surface area (Å²) in [4.78, 5) is 45.4. The fourth-order valence-electron chi connectivity index (χ4n) is 3.92. The monoisotopic (exact) mass is 476 g/mol. The lowest BCUT2D eigenvalue weighted by Gasteiger charge is -2.31. The molecule has 10 heteroatoms. The Morgan fingerprint density at radius 3 is 2.88 bits per heavy atom. The SMILES string of the molecule is Cc1c(C(=O)Nc2ccc(F)cc2Cl)sc2ncn(CC(=O)N3CCCC(C)C3)c(=O)c12. The summed E-state index contributed by atoms with van der Waals surface area (Å²) < 4.78 is 14.5. The molecular formula is C22H22ClFN4O3S. The van der Waals surface area contributed by atoms with Crippen LogP contribution in [0.4, 0.5) is 10.1 Å². The number of hydrogen-bond donors (Lipinski definition) is 1. The molecule has 1 unspecified atom stereocenters. The van der Waals surface area contributed by atoms with E-state index >= 15 is 0 Å². The molecule has 2 amide bonds. The van der Waals surface area contributed by atoms with Crippen LogP contribution in [0, 0.1) is 18.7 Å². The van der Waals surface area contributed by atoms with Crippen molar-refractivity contribution < 1.29 is 14.0 Å². The Labute approximate surface area is 192 Å². The summed E-state index contributed by atoms with van der Waals surface area (Å²) in [6.07, 6.45) is 3.41. The van der Waals surface area contributed by atoms with Crippen LogP contribution in [0.2, 0.25) is 5.02 Å². The number of nitrogens with one attached hydrogen (secondary N) is 1. The molecule has 0 spiro atoms. The second-order valence-electron chi connectivity index (χ2n) is 8.08. The predicted molar refractivity (Wildman–Crippen MR) is 123 cm³/mol. The third kappa shape index (κ3) is 4.40. The maximum Gasteiger partial charge on any atom is 0.266 e. The quantitative estimate of drug-likeness (QED) is 0.615. The summed E-state index contributed by atoms with van der Waals surface area (Å²) in [7, 11) is 0. The van der Waals surface area contributed by atoms with Crippen LogP contribution in [0.1, 0.15) is 35.0 Å². The highest BCUT2D eigenvalue weighted by atomic mass is 35.5. The number of likely N-dealkylation sites (tertiary alicyclic amines) is 1. The molecule has 168 valence electrons. The molecule has 1 saturated heterocycles. The molecule has 4 rings (SSSR count). The van der Waals surface area contributed by atoms with Gasteiger partial charge in [0, 0.05) is 13.1 Å². The lowest BCUT2D eigenvalue weighted by molar-refractivity contribution is -0.133. The van der Waals surface area contributed by atoms with E-state index in [2.05, 4.69) is 17.2 Å². The molecule has 32 heavy (non-hydrogen) atoms. The second kappa shape index (κ2) is 8.99. The van der Waals surface area contributed by atoms with Crippen molar-refractivity contribution in [2.75, 3.05) is 18.4 Å². The van der Waals surface area contributed by atoms with Crippen molar-refractivity contribution in [2.24, 2.45) is 5.92 Å². The van der Waals surface area contributed by atoms with Gasteiger partial charge in [0.05, 0.1) is 27.3 Å². The van der Waals surface area contributed by atoms with Crippen LogP contribution in [-0.4, -0.2) is 39.4 Å². The van der Waals surface area contributed by atoms with E-state index in [9.17, 15) is 18.8 Å². The zero-order chi connectivity index (χ0) is 23.0. The third-order valence-corrected chi connectivity index (χ3v) is 7.13. The Kier molecular flexibility index (Phi) is 6.30. The summed E-state index contributed by atoms with van der Waals surface area (Å²) in [5.41, 5.74) is 0.384. The highest BCUT2D eigenvalue weighted by Crippen LogP contribution is 2.29. The molecule has 1 N–H and O–H groups in total. The third-order valence-electron chi connectivity index (χ3n) is 5.62. The number of carbonyl (C=O) groups is 2. The molecule has 1 aliphatic heterocycles. The van der Waals surface area contributed by atoms with E-state index in [1.165, 1.54) is 23.0 Å². The number of rotatable bonds is 4. The van der Waals surface area contributed by atoms with E-state index in [1.54, 1.807) is 11.8 Å². The standard InChI is InChI=1S/C22H22ClFN4O3S/c1-12-4-3-7-27(9-12)17(29)10-28-11-25-21-18(22(28)31)13(2)19(32-21)20(30)26-16-6-5-14(24)8-15(16)23/h5-6,8,11-12H,3-4,7,9-10H2,1-2H3,(H,26,30). The van der Waals surface area contributed by atoms with Crippen LogP contribution in [0.15, 0.2) is 29.3 Å². The lowest BCUT2D eigenvalue weighted by atomic mass is 10.0. The molecule has 0 saturated carbocycles. The molecule has 1 fully saturated rings. The fourth-order valence-corrected chi connectivity index (χ4v) is 5.17. The van der Waals surface area contributed by atoms with Crippen molar-refractivity contribution in [3.8, 4) is 0 Å². The molecule has 7 nitrogen and oxygen atoms in total. The van der Waals surface area contributed by atoms with Crippen LogP contribution in [0.5, 0.6) is 0 Å². The minimum Gasteiger partial charge on any atom is -0.341 e. The van der Waals surface area contributed by atoms with E-state index in [0.29, 0.717) is 39.7 Å². The first-order valence-corrected chi connectivity index (χ1v) is 11.5. The van der Waals surface area contributed by atoms with Gasteiger partial charge < -0.3 is 10.2 Å². The van der Waals surface area contributed by atoms with E-state index in [0.717, 1.165) is 30.2 Å². The lowest BCUT2D eigenvalue weighted by Crippen LogP contribution is -2.42. The van der Waals surface area contributed by atoms with E-state index in [4.69, 9.17) is 11.6 Å². The van der Waals surface area contributed by atoms with Crippen LogP contribution < -0.4 is 10.9 Å². The largest absolute Gasteiger partial charge is 0.341 e. The molecule has 1 atom stereocenters. The number of carbonyl (C=O) groups excluding carboxylic acids is 2. The molecular weight excluding hydrogens is 455 g/mol. The minimum atomic E-state index is -0.510. The molecule has 1 aliphatic rings. The number of aromatic nitrogens is 2. The van der Waals surface area contributed by atoms with E-state index in [1.807, 2.05) is 0 Å². The van der Waals surface area contributed by atoms with Crippen molar-refractivity contribution in [3.63, 3.8) is 0 Å². The first-order chi connectivity index (χ1) is 15.2. The first kappa shape index (κ1) is 22.4. The van der Waals surface area contributed by atoms with Gasteiger partial charge in [0.25, 0.3) is 11.5 Å². The molecule has 2 aromatic heterocycles. The summed E-state index contributed by atoms with van der Waals surface area (Å²) in [6.45, 7) is 5.08. The molecule has 3 aromatic rings. The number of amides is 2. The Morgan fingerprint density at radius 2 is 2.16 bits per heavy atom. The van der Waals surface area contributed by atoms with Gasteiger partial charge in [-0.3, -0.25) is 19.0 Å².